The molecule has 0 aliphatic carbocycles. The van der Waals surface area contributed by atoms with Crippen molar-refractivity contribution in [2.45, 2.75) is 27.2 Å². The maximum absolute atomic E-state index is 11.1. The molecule has 0 saturated carbocycles. The summed E-state index contributed by atoms with van der Waals surface area (Å²) < 4.78 is 0. The Hall–Kier alpha value is -1.58. The summed E-state index contributed by atoms with van der Waals surface area (Å²) in [5.74, 6) is 0.220. The summed E-state index contributed by atoms with van der Waals surface area (Å²) in [4.78, 5) is 17.3. The van der Waals surface area contributed by atoms with Gasteiger partial charge in [-0.05, 0) is 31.4 Å². The number of pyridine rings is 1. The molecule has 94 valence electrons. The lowest BCUT2D eigenvalue weighted by Crippen LogP contribution is -2.23. The van der Waals surface area contributed by atoms with Gasteiger partial charge in [0, 0.05) is 19.3 Å². The van der Waals surface area contributed by atoms with Gasteiger partial charge in [-0.2, -0.15) is 0 Å². The summed E-state index contributed by atoms with van der Waals surface area (Å²) >= 11 is 0. The second-order valence-corrected chi connectivity index (χ2v) is 4.73. The molecule has 1 aromatic rings. The van der Waals surface area contributed by atoms with Crippen LogP contribution >= 0.6 is 0 Å². The molecular weight excluding hydrogens is 216 g/mol. The van der Waals surface area contributed by atoms with E-state index in [2.05, 4.69) is 18.8 Å². The van der Waals surface area contributed by atoms with Crippen molar-refractivity contribution in [2.24, 2.45) is 5.92 Å². The molecule has 0 fully saturated rings. The SMILES string of the molecule is Cc1ccc(C(=O)O)c(N(C)CCC(C)C)n1. The number of anilines is 1. The third-order valence-corrected chi connectivity index (χ3v) is 2.65. The topological polar surface area (TPSA) is 53.4 Å². The van der Waals surface area contributed by atoms with E-state index in [1.165, 1.54) is 0 Å². The first kappa shape index (κ1) is 13.5. The van der Waals surface area contributed by atoms with Gasteiger partial charge in [0.05, 0.1) is 0 Å². The van der Waals surface area contributed by atoms with E-state index < -0.39 is 5.97 Å². The standard InChI is InChI=1S/C13H20N2O2/c1-9(2)7-8-15(4)12-11(13(16)17)6-5-10(3)14-12/h5-6,9H,7-8H2,1-4H3,(H,16,17). The molecule has 0 aliphatic heterocycles. The van der Waals surface area contributed by atoms with E-state index in [9.17, 15) is 4.79 Å². The van der Waals surface area contributed by atoms with Crippen molar-refractivity contribution in [3.05, 3.63) is 23.4 Å². The van der Waals surface area contributed by atoms with Crippen LogP contribution in [0.15, 0.2) is 12.1 Å². The van der Waals surface area contributed by atoms with Crippen molar-refractivity contribution in [2.75, 3.05) is 18.5 Å². The predicted octanol–water partition coefficient (Wildman–Crippen LogP) is 2.57. The quantitative estimate of drug-likeness (QED) is 0.853. The Labute approximate surface area is 102 Å². The van der Waals surface area contributed by atoms with E-state index in [4.69, 9.17) is 5.11 Å². The number of aryl methyl sites for hydroxylation is 1. The Morgan fingerprint density at radius 1 is 1.47 bits per heavy atom. The number of nitrogens with zero attached hydrogens (tertiary/aromatic N) is 2. The smallest absolute Gasteiger partial charge is 0.339 e. The number of hydrogen-bond acceptors (Lipinski definition) is 3. The third-order valence-electron chi connectivity index (χ3n) is 2.65. The minimum Gasteiger partial charge on any atom is -0.478 e. The summed E-state index contributed by atoms with van der Waals surface area (Å²) in [5.41, 5.74) is 1.10. The van der Waals surface area contributed by atoms with E-state index in [1.807, 2.05) is 18.9 Å². The summed E-state index contributed by atoms with van der Waals surface area (Å²) in [6, 6.07) is 3.34. The van der Waals surface area contributed by atoms with Crippen LogP contribution in [0.25, 0.3) is 0 Å². The van der Waals surface area contributed by atoms with Crippen molar-refractivity contribution >= 4 is 11.8 Å². The van der Waals surface area contributed by atoms with Crippen LogP contribution < -0.4 is 4.90 Å². The highest BCUT2D eigenvalue weighted by Crippen LogP contribution is 2.18. The van der Waals surface area contributed by atoms with Crippen molar-refractivity contribution in [1.29, 1.82) is 0 Å². The van der Waals surface area contributed by atoms with E-state index in [1.54, 1.807) is 12.1 Å². The van der Waals surface area contributed by atoms with Gasteiger partial charge in [0.1, 0.15) is 11.4 Å². The van der Waals surface area contributed by atoms with E-state index >= 15 is 0 Å². The summed E-state index contributed by atoms with van der Waals surface area (Å²) in [6.45, 7) is 6.98. The van der Waals surface area contributed by atoms with Crippen LogP contribution in [-0.2, 0) is 0 Å². The zero-order chi connectivity index (χ0) is 13.0. The molecule has 1 aromatic heterocycles. The Balaban J connectivity index is 2.94. The third kappa shape index (κ3) is 3.73. The first-order chi connectivity index (χ1) is 7.91. The fourth-order valence-electron chi connectivity index (χ4n) is 1.56. The molecule has 0 saturated heterocycles. The normalized spacial score (nSPS) is 10.6. The summed E-state index contributed by atoms with van der Waals surface area (Å²) in [5, 5.41) is 9.12. The molecule has 1 rings (SSSR count). The molecule has 0 spiro atoms. The number of aromatic carboxylic acids is 1. The van der Waals surface area contributed by atoms with Gasteiger partial charge in [0.25, 0.3) is 0 Å². The summed E-state index contributed by atoms with van der Waals surface area (Å²) in [6.07, 6.45) is 1.02. The van der Waals surface area contributed by atoms with Crippen LogP contribution in [0.2, 0.25) is 0 Å². The molecule has 1 N–H and O–H groups in total. The van der Waals surface area contributed by atoms with E-state index in [0.29, 0.717) is 11.7 Å². The molecule has 0 aliphatic rings. The number of aromatic nitrogens is 1. The zero-order valence-electron chi connectivity index (χ0n) is 10.9. The van der Waals surface area contributed by atoms with Crippen LogP contribution in [0.5, 0.6) is 0 Å². The number of carbonyl (C=O) groups is 1. The number of carboxylic acids is 1. The van der Waals surface area contributed by atoms with Crippen LogP contribution in [0.1, 0.15) is 36.3 Å². The van der Waals surface area contributed by atoms with Gasteiger partial charge in [0.2, 0.25) is 0 Å². The van der Waals surface area contributed by atoms with Crippen molar-refractivity contribution in [1.82, 2.24) is 4.98 Å². The number of hydrogen-bond donors (Lipinski definition) is 1. The molecule has 4 nitrogen and oxygen atoms in total. The number of carboxylic acid groups (broad SMARTS) is 1. The molecule has 17 heavy (non-hydrogen) atoms. The lowest BCUT2D eigenvalue weighted by Gasteiger charge is -2.21. The van der Waals surface area contributed by atoms with Crippen LogP contribution in [0.4, 0.5) is 5.82 Å². The molecule has 0 aromatic carbocycles. The Morgan fingerprint density at radius 2 is 2.12 bits per heavy atom. The fourth-order valence-corrected chi connectivity index (χ4v) is 1.56. The van der Waals surface area contributed by atoms with Crippen molar-refractivity contribution in [3.63, 3.8) is 0 Å². The molecule has 0 amide bonds. The Bertz CT molecular complexity index is 402. The average Bonchev–Trinajstić information content (AvgIpc) is 2.25. The highest BCUT2D eigenvalue weighted by molar-refractivity contribution is 5.93. The molecule has 0 unspecified atom stereocenters. The van der Waals surface area contributed by atoms with Gasteiger partial charge < -0.3 is 10.0 Å². The average molecular weight is 236 g/mol. The van der Waals surface area contributed by atoms with Crippen molar-refractivity contribution < 1.29 is 9.90 Å². The Kier molecular flexibility index (Phi) is 4.49. The van der Waals surface area contributed by atoms with Gasteiger partial charge in [-0.3, -0.25) is 0 Å². The predicted molar refractivity (Wildman–Crippen MR) is 68.7 cm³/mol. The molecular formula is C13H20N2O2. The zero-order valence-corrected chi connectivity index (χ0v) is 10.9. The second-order valence-electron chi connectivity index (χ2n) is 4.73. The maximum Gasteiger partial charge on any atom is 0.339 e. The van der Waals surface area contributed by atoms with Gasteiger partial charge in [0.15, 0.2) is 0 Å². The van der Waals surface area contributed by atoms with Crippen LogP contribution in [-0.4, -0.2) is 29.7 Å². The van der Waals surface area contributed by atoms with Crippen LogP contribution in [0.3, 0.4) is 0 Å². The Morgan fingerprint density at radius 3 is 2.65 bits per heavy atom. The number of rotatable bonds is 5. The first-order valence-corrected chi connectivity index (χ1v) is 5.84. The first-order valence-electron chi connectivity index (χ1n) is 5.84. The highest BCUT2D eigenvalue weighted by Gasteiger charge is 2.15. The summed E-state index contributed by atoms with van der Waals surface area (Å²) in [7, 11) is 1.89. The second kappa shape index (κ2) is 5.66. The van der Waals surface area contributed by atoms with Gasteiger partial charge in [-0.25, -0.2) is 9.78 Å². The minimum atomic E-state index is -0.927. The van der Waals surface area contributed by atoms with Crippen molar-refractivity contribution in [3.8, 4) is 0 Å². The largest absolute Gasteiger partial charge is 0.478 e. The molecule has 0 bridgehead atoms. The van der Waals surface area contributed by atoms with Gasteiger partial charge in [-0.1, -0.05) is 13.8 Å². The molecule has 0 atom stereocenters. The maximum atomic E-state index is 11.1. The lowest BCUT2D eigenvalue weighted by molar-refractivity contribution is 0.0697. The monoisotopic (exact) mass is 236 g/mol. The highest BCUT2D eigenvalue weighted by atomic mass is 16.4. The van der Waals surface area contributed by atoms with E-state index in [-0.39, 0.29) is 5.56 Å². The molecule has 1 heterocycles. The van der Waals surface area contributed by atoms with Gasteiger partial charge >= 0.3 is 5.97 Å². The minimum absolute atomic E-state index is 0.266. The lowest BCUT2D eigenvalue weighted by atomic mass is 10.1. The van der Waals surface area contributed by atoms with E-state index in [0.717, 1.165) is 18.7 Å². The molecule has 4 heteroatoms. The van der Waals surface area contributed by atoms with Crippen LogP contribution in [0, 0.1) is 12.8 Å². The fraction of sp³-hybridized carbons (Fsp3) is 0.538. The van der Waals surface area contributed by atoms with Gasteiger partial charge in [-0.15, -0.1) is 0 Å². The molecule has 0 radical (unpaired) electrons.